The van der Waals surface area contributed by atoms with Crippen molar-refractivity contribution in [3.05, 3.63) is 90.7 Å². The van der Waals surface area contributed by atoms with Gasteiger partial charge in [-0.25, -0.2) is 4.98 Å². The first-order chi connectivity index (χ1) is 16.2. The number of hydrogen-bond donors (Lipinski definition) is 0. The third kappa shape index (κ3) is 4.99. The van der Waals surface area contributed by atoms with Gasteiger partial charge in [-0.15, -0.1) is 30.0 Å². The van der Waals surface area contributed by atoms with Gasteiger partial charge in [0.15, 0.2) is 0 Å². The van der Waals surface area contributed by atoms with Crippen LogP contribution in [0.1, 0.15) is 37.7 Å². The molecule has 4 heterocycles. The normalized spacial score (nSPS) is 13.4. The molecule has 4 aromatic rings. The van der Waals surface area contributed by atoms with E-state index >= 15 is 0 Å². The number of aromatic nitrogens is 3. The Labute approximate surface area is 221 Å². The van der Waals surface area contributed by atoms with Crippen LogP contribution in [0.25, 0.3) is 17.0 Å². The van der Waals surface area contributed by atoms with E-state index in [-0.39, 0.29) is 26.5 Å². The first-order valence-electron chi connectivity index (χ1n) is 11.3. The molecule has 0 bridgehead atoms. The molecule has 0 amide bonds. The van der Waals surface area contributed by atoms with E-state index in [0.29, 0.717) is 11.5 Å². The van der Waals surface area contributed by atoms with Gasteiger partial charge in [0.05, 0.1) is 11.3 Å². The topological polar surface area (TPSA) is 45.9 Å². The van der Waals surface area contributed by atoms with Crippen LogP contribution in [0.3, 0.4) is 0 Å². The molecule has 0 aliphatic carbocycles. The molecular formula is C28H28N5OPt-3. The summed E-state index contributed by atoms with van der Waals surface area (Å²) >= 11 is 0. The molecule has 184 valence electrons. The molecule has 0 atom stereocenters. The monoisotopic (exact) mass is 645 g/mol. The summed E-state index contributed by atoms with van der Waals surface area (Å²) in [4.78, 5) is 13.4. The molecule has 0 radical (unpaired) electrons. The number of benzene rings is 1. The predicted molar refractivity (Wildman–Crippen MR) is 134 cm³/mol. The summed E-state index contributed by atoms with van der Waals surface area (Å²) in [6.07, 6.45) is 5.82. The summed E-state index contributed by atoms with van der Waals surface area (Å²) in [5.74, 6) is 1.18. The Kier molecular flexibility index (Phi) is 6.79. The molecule has 0 spiro atoms. The number of ether oxygens (including phenoxy) is 1. The second kappa shape index (κ2) is 9.50. The number of rotatable bonds is 4. The van der Waals surface area contributed by atoms with Crippen LogP contribution < -0.4 is 9.64 Å². The van der Waals surface area contributed by atoms with Crippen molar-refractivity contribution in [3.63, 3.8) is 0 Å². The van der Waals surface area contributed by atoms with Crippen LogP contribution in [-0.2, 0) is 26.5 Å². The number of aryl methyl sites for hydroxylation is 2. The fourth-order valence-electron chi connectivity index (χ4n) is 3.96. The predicted octanol–water partition coefficient (Wildman–Crippen LogP) is 6.04. The Hall–Kier alpha value is -3.11. The van der Waals surface area contributed by atoms with E-state index in [1.807, 2.05) is 73.3 Å². The van der Waals surface area contributed by atoms with Crippen molar-refractivity contribution >= 4 is 11.3 Å². The van der Waals surface area contributed by atoms with Gasteiger partial charge in [-0.2, -0.15) is 12.7 Å². The van der Waals surface area contributed by atoms with Gasteiger partial charge in [0.1, 0.15) is 0 Å². The van der Waals surface area contributed by atoms with Gasteiger partial charge in [0.2, 0.25) is 0 Å². The van der Waals surface area contributed by atoms with E-state index in [0.717, 1.165) is 34.1 Å². The minimum absolute atomic E-state index is 0. The summed E-state index contributed by atoms with van der Waals surface area (Å²) in [7, 11) is 1.99. The van der Waals surface area contributed by atoms with Crippen molar-refractivity contribution in [2.45, 2.75) is 40.0 Å². The van der Waals surface area contributed by atoms with Crippen LogP contribution in [0.4, 0.5) is 5.69 Å². The largest absolute Gasteiger partial charge is 0.510 e. The third-order valence-corrected chi connectivity index (χ3v) is 5.98. The Morgan fingerprint density at radius 3 is 2.51 bits per heavy atom. The molecule has 5 rings (SSSR count). The van der Waals surface area contributed by atoms with Crippen LogP contribution in [0.15, 0.2) is 55.0 Å². The number of nitrogens with zero attached hydrogens (tertiary/aromatic N) is 5. The van der Waals surface area contributed by atoms with E-state index in [1.54, 1.807) is 0 Å². The Morgan fingerprint density at radius 1 is 1.00 bits per heavy atom. The number of anilines is 1. The molecule has 0 saturated carbocycles. The molecule has 0 fully saturated rings. The number of pyridine rings is 2. The molecule has 7 heteroatoms. The van der Waals surface area contributed by atoms with Gasteiger partial charge in [0.25, 0.3) is 0 Å². The van der Waals surface area contributed by atoms with Crippen molar-refractivity contribution in [2.75, 3.05) is 11.9 Å². The molecule has 6 nitrogen and oxygen atoms in total. The van der Waals surface area contributed by atoms with E-state index in [9.17, 15) is 0 Å². The second-order valence-corrected chi connectivity index (χ2v) is 9.63. The summed E-state index contributed by atoms with van der Waals surface area (Å²) in [5.41, 5.74) is 6.60. The number of hydrogen-bond acceptors (Lipinski definition) is 5. The number of fused-ring (bicyclic) bond motifs is 1. The molecule has 1 aliphatic rings. The minimum atomic E-state index is 0. The standard InChI is InChI=1S/C28H28N5O.Pt/c1-19-20(2)33-26(25-14-21(10-11-29-25)28(3,4)5)16-24(17-27(33)30-19)34-23-9-7-8-22(15-23)32-13-12-31(6)18-32;/h7-14,17-18H,1-6H3;/q-3;. The summed E-state index contributed by atoms with van der Waals surface area (Å²) in [6, 6.07) is 18.7. The molecular weight excluding hydrogens is 617 g/mol. The first kappa shape index (κ1) is 25.0. The Bertz CT molecular complexity index is 1400. The van der Waals surface area contributed by atoms with Crippen LogP contribution in [0, 0.1) is 32.6 Å². The van der Waals surface area contributed by atoms with E-state index in [1.165, 1.54) is 5.56 Å². The van der Waals surface area contributed by atoms with Gasteiger partial charge in [-0.05, 0) is 56.2 Å². The van der Waals surface area contributed by atoms with Crippen LogP contribution in [-0.4, -0.2) is 26.3 Å². The van der Waals surface area contributed by atoms with Crippen LogP contribution in [0.5, 0.6) is 11.5 Å². The summed E-state index contributed by atoms with van der Waals surface area (Å²) in [6.45, 7) is 12.7. The molecule has 0 N–H and O–H groups in total. The molecule has 1 aliphatic heterocycles. The minimum Gasteiger partial charge on any atom is -0.510 e. The van der Waals surface area contributed by atoms with E-state index < -0.39 is 0 Å². The van der Waals surface area contributed by atoms with Gasteiger partial charge in [-0.3, -0.25) is 0 Å². The van der Waals surface area contributed by atoms with Gasteiger partial charge >= 0.3 is 0 Å². The maximum Gasteiger partial charge on any atom is 0.0834 e. The zero-order chi connectivity index (χ0) is 24.0. The fraction of sp³-hybridized carbons (Fsp3) is 0.250. The van der Waals surface area contributed by atoms with Gasteiger partial charge in [-0.1, -0.05) is 38.5 Å². The molecule has 0 saturated heterocycles. The van der Waals surface area contributed by atoms with Gasteiger partial charge < -0.3 is 23.9 Å². The Balaban J connectivity index is 0.00000289. The average molecular weight is 646 g/mol. The molecule has 0 unspecified atom stereocenters. The Morgan fingerprint density at radius 2 is 1.80 bits per heavy atom. The molecule has 1 aromatic carbocycles. The van der Waals surface area contributed by atoms with Crippen LogP contribution >= 0.6 is 0 Å². The summed E-state index contributed by atoms with van der Waals surface area (Å²) < 4.78 is 8.35. The maximum atomic E-state index is 6.25. The van der Waals surface area contributed by atoms with Crippen molar-refractivity contribution < 1.29 is 25.8 Å². The van der Waals surface area contributed by atoms with E-state index in [2.05, 4.69) is 61.3 Å². The third-order valence-electron chi connectivity index (χ3n) is 5.98. The van der Waals surface area contributed by atoms with Crippen molar-refractivity contribution in [1.29, 1.82) is 0 Å². The van der Waals surface area contributed by atoms with E-state index in [4.69, 9.17) is 9.72 Å². The first-order valence-corrected chi connectivity index (χ1v) is 11.3. The van der Waals surface area contributed by atoms with Gasteiger partial charge in [0, 0.05) is 44.5 Å². The quantitative estimate of drug-likeness (QED) is 0.253. The smallest absolute Gasteiger partial charge is 0.0834 e. The second-order valence-electron chi connectivity index (χ2n) is 9.63. The fourth-order valence-corrected chi connectivity index (χ4v) is 3.96. The molecule has 35 heavy (non-hydrogen) atoms. The number of imidazole rings is 1. The zero-order valence-electron chi connectivity index (χ0n) is 20.7. The SMILES string of the molecule is Cc1nc2cc(Oc3[c-]c(N4C=CN(C)[CH-]4)ccc3)[c-]c(-c3cc(C(C)(C)C)ccn3)n2c1C.[Pt]. The average Bonchev–Trinajstić information content (AvgIpc) is 3.36. The zero-order valence-corrected chi connectivity index (χ0v) is 23.0. The summed E-state index contributed by atoms with van der Waals surface area (Å²) in [5, 5.41) is 0. The van der Waals surface area contributed by atoms with Crippen molar-refractivity contribution in [2.24, 2.45) is 0 Å². The molecule has 3 aromatic heterocycles. The van der Waals surface area contributed by atoms with Crippen molar-refractivity contribution in [1.82, 2.24) is 19.3 Å². The maximum absolute atomic E-state index is 6.25. The van der Waals surface area contributed by atoms with Crippen molar-refractivity contribution in [3.8, 4) is 22.9 Å². The van der Waals surface area contributed by atoms with Crippen LogP contribution in [0.2, 0.25) is 0 Å².